The predicted molar refractivity (Wildman–Crippen MR) is 52.3 cm³/mol. The van der Waals surface area contributed by atoms with E-state index in [1.54, 1.807) is 16.0 Å². The monoisotopic (exact) mass is 194 g/mol. The first kappa shape index (κ1) is 8.31. The molecule has 0 amide bonds. The molecule has 0 aromatic carbocycles. The quantitative estimate of drug-likeness (QED) is 0.734. The van der Waals surface area contributed by atoms with Crippen LogP contribution in [-0.2, 0) is 7.05 Å². The van der Waals surface area contributed by atoms with Gasteiger partial charge in [-0.05, 0) is 24.4 Å². The molecule has 68 valence electrons. The van der Waals surface area contributed by atoms with E-state index in [1.807, 2.05) is 37.6 Å². The van der Waals surface area contributed by atoms with Crippen molar-refractivity contribution in [3.05, 3.63) is 29.3 Å². The molecule has 0 fully saturated rings. The lowest BCUT2D eigenvalue weighted by molar-refractivity contribution is 0.441. The first-order valence-electron chi connectivity index (χ1n) is 3.98. The summed E-state index contributed by atoms with van der Waals surface area (Å²) < 4.78 is 7.32. The van der Waals surface area contributed by atoms with Gasteiger partial charge in [-0.25, -0.2) is 4.68 Å². The molecule has 2 aromatic heterocycles. The maximum atomic E-state index is 5.59. The summed E-state index contributed by atoms with van der Waals surface area (Å²) in [5.74, 6) is 0.778. The van der Waals surface area contributed by atoms with Crippen LogP contribution in [0, 0.1) is 6.92 Å². The number of thiophene rings is 1. The Labute approximate surface area is 80.6 Å². The Hall–Kier alpha value is -1.29. The van der Waals surface area contributed by atoms with Crippen LogP contribution in [0.2, 0.25) is 0 Å². The van der Waals surface area contributed by atoms with Gasteiger partial charge in [0.2, 0.25) is 5.88 Å². The molecule has 0 saturated carbocycles. The Bertz CT molecular complexity index is 392. The van der Waals surface area contributed by atoms with Crippen molar-refractivity contribution in [2.24, 2.45) is 7.05 Å². The second kappa shape index (κ2) is 3.22. The van der Waals surface area contributed by atoms with E-state index >= 15 is 0 Å². The minimum atomic E-state index is 0.778. The molecule has 13 heavy (non-hydrogen) atoms. The molecule has 0 bridgehead atoms. The van der Waals surface area contributed by atoms with Crippen molar-refractivity contribution in [2.75, 3.05) is 0 Å². The van der Waals surface area contributed by atoms with Gasteiger partial charge in [-0.15, -0.1) is 11.3 Å². The highest BCUT2D eigenvalue weighted by Crippen LogP contribution is 2.25. The number of ether oxygens (including phenoxy) is 1. The normalized spacial score (nSPS) is 10.3. The summed E-state index contributed by atoms with van der Waals surface area (Å²) in [6.07, 6.45) is 0. The molecule has 0 aliphatic heterocycles. The third kappa shape index (κ3) is 1.72. The summed E-state index contributed by atoms with van der Waals surface area (Å²) in [6.45, 7) is 1.95. The summed E-state index contributed by atoms with van der Waals surface area (Å²) in [6, 6.07) is 5.82. The van der Waals surface area contributed by atoms with E-state index in [4.69, 9.17) is 4.74 Å². The van der Waals surface area contributed by atoms with Gasteiger partial charge in [0.1, 0.15) is 0 Å². The largest absolute Gasteiger partial charge is 0.429 e. The molecule has 0 aliphatic rings. The first-order valence-corrected chi connectivity index (χ1v) is 4.85. The zero-order valence-corrected chi connectivity index (χ0v) is 8.34. The maximum Gasteiger partial charge on any atom is 0.219 e. The van der Waals surface area contributed by atoms with Crippen molar-refractivity contribution < 1.29 is 4.74 Å². The highest BCUT2D eigenvalue weighted by Gasteiger charge is 2.04. The molecule has 0 unspecified atom stereocenters. The Morgan fingerprint density at radius 3 is 2.92 bits per heavy atom. The molecule has 0 spiro atoms. The zero-order valence-electron chi connectivity index (χ0n) is 7.52. The summed E-state index contributed by atoms with van der Waals surface area (Å²) in [4.78, 5) is 0. The molecule has 0 radical (unpaired) electrons. The van der Waals surface area contributed by atoms with Crippen LogP contribution < -0.4 is 4.74 Å². The van der Waals surface area contributed by atoms with Crippen LogP contribution in [0.25, 0.3) is 0 Å². The fourth-order valence-electron chi connectivity index (χ4n) is 1.11. The Kier molecular flexibility index (Phi) is 2.06. The second-order valence-corrected chi connectivity index (χ2v) is 3.69. The van der Waals surface area contributed by atoms with Gasteiger partial charge in [0.15, 0.2) is 5.06 Å². The molecule has 2 rings (SSSR count). The lowest BCUT2D eigenvalue weighted by atomic mass is 10.5. The van der Waals surface area contributed by atoms with E-state index in [0.717, 1.165) is 16.6 Å². The highest BCUT2D eigenvalue weighted by molar-refractivity contribution is 7.11. The van der Waals surface area contributed by atoms with E-state index in [1.165, 1.54) is 0 Å². The number of aryl methyl sites for hydroxylation is 2. The van der Waals surface area contributed by atoms with Gasteiger partial charge < -0.3 is 4.74 Å². The molecule has 2 heterocycles. The molecule has 0 aliphatic carbocycles. The van der Waals surface area contributed by atoms with E-state index < -0.39 is 0 Å². The van der Waals surface area contributed by atoms with Crippen LogP contribution in [-0.4, -0.2) is 9.78 Å². The predicted octanol–water partition coefficient (Wildman–Crippen LogP) is 2.58. The number of aromatic nitrogens is 2. The van der Waals surface area contributed by atoms with Crippen molar-refractivity contribution in [1.82, 2.24) is 9.78 Å². The first-order chi connectivity index (χ1) is 6.25. The van der Waals surface area contributed by atoms with E-state index in [9.17, 15) is 0 Å². The Morgan fingerprint density at radius 1 is 1.54 bits per heavy atom. The van der Waals surface area contributed by atoms with Crippen molar-refractivity contribution >= 4 is 11.3 Å². The van der Waals surface area contributed by atoms with E-state index in [0.29, 0.717) is 0 Å². The second-order valence-electron chi connectivity index (χ2n) is 2.78. The fraction of sp³-hybridized carbons (Fsp3) is 0.222. The van der Waals surface area contributed by atoms with E-state index in [-0.39, 0.29) is 0 Å². The van der Waals surface area contributed by atoms with Crippen molar-refractivity contribution in [3.8, 4) is 10.9 Å². The third-order valence-electron chi connectivity index (χ3n) is 1.66. The minimum absolute atomic E-state index is 0.778. The lowest BCUT2D eigenvalue weighted by Gasteiger charge is -2.00. The van der Waals surface area contributed by atoms with Gasteiger partial charge in [-0.2, -0.15) is 5.10 Å². The SMILES string of the molecule is Cc1cc(Oc2cccs2)n(C)n1. The van der Waals surface area contributed by atoms with Gasteiger partial charge >= 0.3 is 0 Å². The van der Waals surface area contributed by atoms with Crippen molar-refractivity contribution in [2.45, 2.75) is 6.92 Å². The average Bonchev–Trinajstić information content (AvgIpc) is 2.63. The number of hydrogen-bond donors (Lipinski definition) is 0. The summed E-state index contributed by atoms with van der Waals surface area (Å²) in [5, 5.41) is 7.06. The van der Waals surface area contributed by atoms with Gasteiger partial charge in [-0.3, -0.25) is 0 Å². The molecule has 2 aromatic rings. The van der Waals surface area contributed by atoms with Crippen LogP contribution >= 0.6 is 11.3 Å². The van der Waals surface area contributed by atoms with Crippen LogP contribution in [0.1, 0.15) is 5.69 Å². The molecule has 0 N–H and O–H groups in total. The summed E-state index contributed by atoms with van der Waals surface area (Å²) in [5.41, 5.74) is 0.967. The zero-order chi connectivity index (χ0) is 9.26. The van der Waals surface area contributed by atoms with Gasteiger partial charge in [0.25, 0.3) is 0 Å². The third-order valence-corrected chi connectivity index (χ3v) is 2.40. The molecule has 0 atom stereocenters. The number of rotatable bonds is 2. The van der Waals surface area contributed by atoms with Crippen LogP contribution in [0.4, 0.5) is 0 Å². The van der Waals surface area contributed by atoms with Crippen molar-refractivity contribution in [1.29, 1.82) is 0 Å². The molecule has 3 nitrogen and oxygen atoms in total. The number of hydrogen-bond acceptors (Lipinski definition) is 3. The van der Waals surface area contributed by atoms with E-state index in [2.05, 4.69) is 5.10 Å². The molecule has 0 saturated heterocycles. The smallest absolute Gasteiger partial charge is 0.219 e. The average molecular weight is 194 g/mol. The maximum absolute atomic E-state index is 5.59. The number of nitrogens with zero attached hydrogens (tertiary/aromatic N) is 2. The molecule has 4 heteroatoms. The van der Waals surface area contributed by atoms with Crippen LogP contribution in [0.5, 0.6) is 10.9 Å². The summed E-state index contributed by atoms with van der Waals surface area (Å²) in [7, 11) is 1.87. The van der Waals surface area contributed by atoms with Gasteiger partial charge in [-0.1, -0.05) is 0 Å². The Morgan fingerprint density at radius 2 is 2.38 bits per heavy atom. The summed E-state index contributed by atoms with van der Waals surface area (Å²) >= 11 is 1.57. The van der Waals surface area contributed by atoms with Crippen LogP contribution in [0.15, 0.2) is 23.6 Å². The molecular weight excluding hydrogens is 184 g/mol. The minimum Gasteiger partial charge on any atom is -0.429 e. The van der Waals surface area contributed by atoms with Gasteiger partial charge in [0, 0.05) is 13.1 Å². The topological polar surface area (TPSA) is 27.1 Å². The highest BCUT2D eigenvalue weighted by atomic mass is 32.1. The van der Waals surface area contributed by atoms with Crippen LogP contribution in [0.3, 0.4) is 0 Å². The lowest BCUT2D eigenvalue weighted by Crippen LogP contribution is -1.93. The standard InChI is InChI=1S/C9H10N2OS/c1-7-6-8(11(2)10-7)12-9-4-3-5-13-9/h3-6H,1-2H3. The fourth-order valence-corrected chi connectivity index (χ4v) is 1.69. The van der Waals surface area contributed by atoms with Crippen molar-refractivity contribution in [3.63, 3.8) is 0 Å². The Balaban J connectivity index is 2.23. The van der Waals surface area contributed by atoms with Gasteiger partial charge in [0.05, 0.1) is 5.69 Å². The molecular formula is C9H10N2OS.